The van der Waals surface area contributed by atoms with E-state index in [1.54, 1.807) is 24.3 Å². The highest BCUT2D eigenvalue weighted by Gasteiger charge is 2.11. The topological polar surface area (TPSA) is 90.4 Å². The monoisotopic (exact) mass is 405 g/mol. The molecule has 0 spiro atoms. The number of benzene rings is 2. The number of nitrogens with zero attached hydrogens (tertiary/aromatic N) is 2. The molecule has 3 rings (SSSR count). The van der Waals surface area contributed by atoms with Gasteiger partial charge in [0.15, 0.2) is 0 Å². The number of amides is 1. The molecule has 1 amide bonds. The van der Waals surface area contributed by atoms with Crippen LogP contribution in [-0.4, -0.2) is 28.5 Å². The summed E-state index contributed by atoms with van der Waals surface area (Å²) in [5.41, 5.74) is 2.14. The van der Waals surface area contributed by atoms with E-state index >= 15 is 0 Å². The lowest BCUT2D eigenvalue weighted by molar-refractivity contribution is 0.0499. The van der Waals surface area contributed by atoms with E-state index in [2.05, 4.69) is 15.3 Å². The van der Waals surface area contributed by atoms with Crippen molar-refractivity contribution in [1.29, 1.82) is 0 Å². The SMILES string of the molecule is CCCCOC(=O)c1ccc(NC(=O)c2cc(OCc3ccccc3)ncn2)cc1. The molecule has 0 aliphatic carbocycles. The number of hydrogen-bond donors (Lipinski definition) is 1. The Morgan fingerprint density at radius 1 is 1.00 bits per heavy atom. The van der Waals surface area contributed by atoms with Crippen molar-refractivity contribution in [2.45, 2.75) is 26.4 Å². The summed E-state index contributed by atoms with van der Waals surface area (Å²) in [6.45, 7) is 2.77. The second-order valence-electron chi connectivity index (χ2n) is 6.54. The number of aromatic nitrogens is 2. The molecular formula is C23H23N3O4. The Hall–Kier alpha value is -3.74. The van der Waals surface area contributed by atoms with Crippen LogP contribution in [0, 0.1) is 0 Å². The Bertz CT molecular complexity index is 975. The molecule has 7 nitrogen and oxygen atoms in total. The van der Waals surface area contributed by atoms with Crippen molar-refractivity contribution in [3.8, 4) is 5.88 Å². The van der Waals surface area contributed by atoms with Crippen molar-refractivity contribution in [2.24, 2.45) is 0 Å². The summed E-state index contributed by atoms with van der Waals surface area (Å²) in [5, 5.41) is 2.74. The highest BCUT2D eigenvalue weighted by atomic mass is 16.5. The minimum Gasteiger partial charge on any atom is -0.473 e. The zero-order valence-electron chi connectivity index (χ0n) is 16.7. The smallest absolute Gasteiger partial charge is 0.338 e. The Labute approximate surface area is 175 Å². The molecule has 0 aliphatic heterocycles. The van der Waals surface area contributed by atoms with Gasteiger partial charge in [0.2, 0.25) is 5.88 Å². The van der Waals surface area contributed by atoms with Gasteiger partial charge in [-0.3, -0.25) is 4.79 Å². The number of esters is 1. The molecule has 0 radical (unpaired) electrons. The highest BCUT2D eigenvalue weighted by molar-refractivity contribution is 6.03. The first-order chi connectivity index (χ1) is 14.7. The van der Waals surface area contributed by atoms with Gasteiger partial charge in [-0.1, -0.05) is 43.7 Å². The third-order valence-electron chi connectivity index (χ3n) is 4.21. The van der Waals surface area contributed by atoms with Crippen LogP contribution in [0.25, 0.3) is 0 Å². The summed E-state index contributed by atoms with van der Waals surface area (Å²) in [6, 6.07) is 17.6. The van der Waals surface area contributed by atoms with Crippen molar-refractivity contribution in [1.82, 2.24) is 9.97 Å². The molecule has 30 heavy (non-hydrogen) atoms. The maximum absolute atomic E-state index is 12.5. The van der Waals surface area contributed by atoms with Gasteiger partial charge in [0.1, 0.15) is 18.6 Å². The van der Waals surface area contributed by atoms with Crippen LogP contribution in [0.5, 0.6) is 5.88 Å². The summed E-state index contributed by atoms with van der Waals surface area (Å²) in [4.78, 5) is 32.5. The van der Waals surface area contributed by atoms with Gasteiger partial charge in [0, 0.05) is 11.8 Å². The molecular weight excluding hydrogens is 382 g/mol. The normalized spacial score (nSPS) is 10.3. The fourth-order valence-electron chi connectivity index (χ4n) is 2.55. The summed E-state index contributed by atoms with van der Waals surface area (Å²) in [6.07, 6.45) is 3.07. The van der Waals surface area contributed by atoms with Gasteiger partial charge in [-0.25, -0.2) is 14.8 Å². The quantitative estimate of drug-likeness (QED) is 0.422. The number of anilines is 1. The van der Waals surface area contributed by atoms with E-state index < -0.39 is 5.91 Å². The predicted molar refractivity (Wildman–Crippen MR) is 112 cm³/mol. The van der Waals surface area contributed by atoms with Gasteiger partial charge in [-0.2, -0.15) is 0 Å². The van der Waals surface area contributed by atoms with Crippen molar-refractivity contribution >= 4 is 17.6 Å². The Morgan fingerprint density at radius 2 is 1.77 bits per heavy atom. The molecule has 2 aromatic carbocycles. The van der Waals surface area contributed by atoms with Crippen LogP contribution in [-0.2, 0) is 11.3 Å². The molecule has 154 valence electrons. The van der Waals surface area contributed by atoms with Crippen molar-refractivity contribution in [2.75, 3.05) is 11.9 Å². The third-order valence-corrected chi connectivity index (χ3v) is 4.21. The second kappa shape index (κ2) is 10.7. The average Bonchev–Trinajstić information content (AvgIpc) is 2.79. The van der Waals surface area contributed by atoms with Crippen molar-refractivity contribution in [3.05, 3.63) is 83.8 Å². The van der Waals surface area contributed by atoms with Gasteiger partial charge in [0.05, 0.1) is 12.2 Å². The molecule has 0 unspecified atom stereocenters. The lowest BCUT2D eigenvalue weighted by atomic mass is 10.2. The second-order valence-corrected chi connectivity index (χ2v) is 6.54. The standard InChI is InChI=1S/C23H23N3O4/c1-2-3-13-29-23(28)18-9-11-19(12-10-18)26-22(27)20-14-21(25-16-24-20)30-15-17-7-5-4-6-8-17/h4-12,14,16H,2-3,13,15H2,1H3,(H,26,27). The summed E-state index contributed by atoms with van der Waals surface area (Å²) < 4.78 is 10.8. The van der Waals surface area contributed by atoms with E-state index in [0.29, 0.717) is 30.3 Å². The van der Waals surface area contributed by atoms with E-state index in [1.165, 1.54) is 12.4 Å². The Kier molecular flexibility index (Phi) is 7.49. The summed E-state index contributed by atoms with van der Waals surface area (Å²) in [5.74, 6) is -0.471. The Balaban J connectivity index is 1.57. The zero-order valence-corrected chi connectivity index (χ0v) is 16.7. The van der Waals surface area contributed by atoms with Crippen LogP contribution in [0.15, 0.2) is 67.0 Å². The van der Waals surface area contributed by atoms with Gasteiger partial charge in [-0.15, -0.1) is 0 Å². The van der Waals surface area contributed by atoms with Crippen LogP contribution in [0.1, 0.15) is 46.2 Å². The van der Waals surface area contributed by atoms with Crippen LogP contribution in [0.3, 0.4) is 0 Å². The van der Waals surface area contributed by atoms with Crippen LogP contribution < -0.4 is 10.1 Å². The summed E-state index contributed by atoms with van der Waals surface area (Å²) >= 11 is 0. The van der Waals surface area contributed by atoms with Crippen molar-refractivity contribution in [3.63, 3.8) is 0 Å². The van der Waals surface area contributed by atoms with Crippen LogP contribution in [0.4, 0.5) is 5.69 Å². The minimum absolute atomic E-state index is 0.177. The first-order valence-electron chi connectivity index (χ1n) is 9.73. The maximum Gasteiger partial charge on any atom is 0.338 e. The predicted octanol–water partition coefficient (Wildman–Crippen LogP) is 4.26. The van der Waals surface area contributed by atoms with Gasteiger partial charge < -0.3 is 14.8 Å². The molecule has 1 N–H and O–H groups in total. The van der Waals surface area contributed by atoms with E-state index in [-0.39, 0.29) is 11.7 Å². The Morgan fingerprint density at radius 3 is 2.50 bits per heavy atom. The molecule has 1 heterocycles. The van der Waals surface area contributed by atoms with Gasteiger partial charge in [-0.05, 0) is 36.2 Å². The zero-order chi connectivity index (χ0) is 21.2. The number of hydrogen-bond acceptors (Lipinski definition) is 6. The first kappa shape index (κ1) is 21.0. The number of carbonyl (C=O) groups is 2. The number of ether oxygens (including phenoxy) is 2. The third kappa shape index (κ3) is 6.13. The fourth-order valence-corrected chi connectivity index (χ4v) is 2.55. The highest BCUT2D eigenvalue weighted by Crippen LogP contribution is 2.14. The molecule has 0 aliphatic rings. The lowest BCUT2D eigenvalue weighted by Crippen LogP contribution is -2.14. The van der Waals surface area contributed by atoms with Gasteiger partial charge in [0.25, 0.3) is 5.91 Å². The van der Waals surface area contributed by atoms with E-state index in [0.717, 1.165) is 18.4 Å². The minimum atomic E-state index is -0.403. The average molecular weight is 405 g/mol. The number of rotatable bonds is 9. The largest absolute Gasteiger partial charge is 0.473 e. The molecule has 7 heteroatoms. The molecule has 0 fully saturated rings. The molecule has 3 aromatic rings. The maximum atomic E-state index is 12.5. The van der Waals surface area contributed by atoms with Crippen LogP contribution in [0.2, 0.25) is 0 Å². The number of carbonyl (C=O) groups excluding carboxylic acids is 2. The molecule has 0 saturated heterocycles. The number of unbranched alkanes of at least 4 members (excludes halogenated alkanes) is 1. The molecule has 0 saturated carbocycles. The first-order valence-corrected chi connectivity index (χ1v) is 9.73. The van der Waals surface area contributed by atoms with E-state index in [4.69, 9.17) is 9.47 Å². The van der Waals surface area contributed by atoms with E-state index in [1.807, 2.05) is 37.3 Å². The summed E-state index contributed by atoms with van der Waals surface area (Å²) in [7, 11) is 0. The van der Waals surface area contributed by atoms with E-state index in [9.17, 15) is 9.59 Å². The molecule has 0 atom stereocenters. The molecule has 0 bridgehead atoms. The van der Waals surface area contributed by atoms with Crippen LogP contribution >= 0.6 is 0 Å². The number of nitrogens with one attached hydrogen (secondary N) is 1. The fraction of sp³-hybridized carbons (Fsp3) is 0.217. The van der Waals surface area contributed by atoms with Crippen molar-refractivity contribution < 1.29 is 19.1 Å². The molecule has 1 aromatic heterocycles. The van der Waals surface area contributed by atoms with Gasteiger partial charge >= 0.3 is 5.97 Å². The lowest BCUT2D eigenvalue weighted by Gasteiger charge is -2.08.